The minimum absolute atomic E-state index is 0.00218. The summed E-state index contributed by atoms with van der Waals surface area (Å²) in [6.45, 7) is 0. The summed E-state index contributed by atoms with van der Waals surface area (Å²) in [7, 11) is 1.45. The van der Waals surface area contributed by atoms with E-state index in [2.05, 4.69) is 10.5 Å². The van der Waals surface area contributed by atoms with E-state index in [9.17, 15) is 20.1 Å². The fourth-order valence-electron chi connectivity index (χ4n) is 2.38. The lowest BCUT2D eigenvalue weighted by Gasteiger charge is -2.07. The van der Waals surface area contributed by atoms with Gasteiger partial charge in [0.2, 0.25) is 0 Å². The van der Waals surface area contributed by atoms with E-state index in [1.165, 1.54) is 25.2 Å². The fourth-order valence-corrected chi connectivity index (χ4v) is 2.54. The summed E-state index contributed by atoms with van der Waals surface area (Å²) in [5.41, 5.74) is 1.02. The number of phenolic OH excluding ortho intramolecular Hbond substituents is 3. The van der Waals surface area contributed by atoms with Crippen LogP contribution in [0.15, 0.2) is 40.9 Å². The van der Waals surface area contributed by atoms with Gasteiger partial charge in [0.25, 0.3) is 5.91 Å². The van der Waals surface area contributed by atoms with Crippen molar-refractivity contribution >= 4 is 17.5 Å². The van der Waals surface area contributed by atoms with Gasteiger partial charge in [-0.3, -0.25) is 4.79 Å². The molecule has 1 aromatic heterocycles. The fraction of sp³-hybridized carbons (Fsp3) is 0.0588. The topological polar surface area (TPSA) is 116 Å². The van der Waals surface area contributed by atoms with Gasteiger partial charge >= 0.3 is 0 Å². The average Bonchev–Trinajstić information content (AvgIpc) is 3.03. The molecule has 0 spiro atoms. The molecular weight excluding hydrogens is 348 g/mol. The first-order valence-electron chi connectivity index (χ1n) is 7.15. The van der Waals surface area contributed by atoms with Crippen LogP contribution in [-0.4, -0.2) is 33.4 Å². The molecule has 0 aliphatic heterocycles. The highest BCUT2D eigenvalue weighted by Gasteiger charge is 2.26. The maximum atomic E-state index is 12.1. The molecule has 8 heteroatoms. The van der Waals surface area contributed by atoms with Gasteiger partial charge in [-0.1, -0.05) is 28.9 Å². The van der Waals surface area contributed by atoms with Crippen molar-refractivity contribution in [2.24, 2.45) is 0 Å². The number of rotatable bonds is 3. The van der Waals surface area contributed by atoms with Gasteiger partial charge in [-0.2, -0.15) is 0 Å². The second-order valence-corrected chi connectivity index (χ2v) is 5.59. The third-order valence-corrected chi connectivity index (χ3v) is 3.90. The van der Waals surface area contributed by atoms with Crippen molar-refractivity contribution in [1.82, 2.24) is 10.5 Å². The van der Waals surface area contributed by atoms with Crippen LogP contribution in [0.4, 0.5) is 0 Å². The molecule has 128 valence electrons. The second kappa shape index (κ2) is 6.37. The molecule has 0 atom stereocenters. The zero-order chi connectivity index (χ0) is 18.1. The number of aromatic hydroxyl groups is 3. The first kappa shape index (κ1) is 16.7. The van der Waals surface area contributed by atoms with Crippen molar-refractivity contribution < 1.29 is 24.6 Å². The molecule has 4 N–H and O–H groups in total. The number of aromatic nitrogens is 1. The molecule has 0 radical (unpaired) electrons. The van der Waals surface area contributed by atoms with Crippen molar-refractivity contribution in [3.8, 4) is 39.7 Å². The molecule has 1 amide bonds. The summed E-state index contributed by atoms with van der Waals surface area (Å²) in [5, 5.41) is 35.5. The minimum atomic E-state index is -0.484. The number of hydrogen-bond donors (Lipinski definition) is 4. The number of nitrogens with one attached hydrogen (secondary N) is 1. The van der Waals surface area contributed by atoms with Crippen LogP contribution in [-0.2, 0) is 0 Å². The Morgan fingerprint density at radius 1 is 1.12 bits per heavy atom. The molecule has 7 nitrogen and oxygen atoms in total. The Bertz CT molecular complexity index is 950. The number of carbonyl (C=O) groups excluding carboxylic acids is 1. The number of nitrogens with zero attached hydrogens (tertiary/aromatic N) is 1. The van der Waals surface area contributed by atoms with E-state index < -0.39 is 5.91 Å². The van der Waals surface area contributed by atoms with E-state index in [4.69, 9.17) is 16.1 Å². The van der Waals surface area contributed by atoms with Crippen LogP contribution in [0.5, 0.6) is 17.2 Å². The average molecular weight is 361 g/mol. The lowest BCUT2D eigenvalue weighted by molar-refractivity contribution is 0.0955. The molecule has 0 fully saturated rings. The van der Waals surface area contributed by atoms with E-state index in [1.807, 2.05) is 0 Å². The molecule has 0 unspecified atom stereocenters. The van der Waals surface area contributed by atoms with Crippen molar-refractivity contribution in [3.05, 3.63) is 47.1 Å². The first-order chi connectivity index (χ1) is 11.9. The number of phenols is 3. The molecular formula is C17H13ClN2O5. The predicted octanol–water partition coefficient (Wildman–Crippen LogP) is 3.14. The summed E-state index contributed by atoms with van der Waals surface area (Å²) in [6.07, 6.45) is 0. The number of benzene rings is 2. The monoisotopic (exact) mass is 360 g/mol. The van der Waals surface area contributed by atoms with Crippen LogP contribution in [0.3, 0.4) is 0 Å². The summed E-state index contributed by atoms with van der Waals surface area (Å²) < 4.78 is 5.29. The molecule has 0 aliphatic rings. The Labute approximate surface area is 147 Å². The Balaban J connectivity index is 2.28. The van der Waals surface area contributed by atoms with E-state index in [-0.39, 0.29) is 39.3 Å². The zero-order valence-corrected chi connectivity index (χ0v) is 13.7. The molecule has 25 heavy (non-hydrogen) atoms. The van der Waals surface area contributed by atoms with Crippen molar-refractivity contribution in [2.45, 2.75) is 0 Å². The van der Waals surface area contributed by atoms with Gasteiger partial charge in [0, 0.05) is 13.1 Å². The smallest absolute Gasteiger partial charge is 0.273 e. The maximum absolute atomic E-state index is 12.1. The van der Waals surface area contributed by atoms with Gasteiger partial charge in [-0.15, -0.1) is 0 Å². The van der Waals surface area contributed by atoms with Gasteiger partial charge in [-0.25, -0.2) is 0 Å². The molecule has 0 aliphatic carbocycles. The molecule has 3 rings (SSSR count). The molecule has 1 heterocycles. The Morgan fingerprint density at radius 2 is 1.80 bits per heavy atom. The molecule has 0 saturated carbocycles. The highest BCUT2D eigenvalue weighted by molar-refractivity contribution is 6.32. The molecule has 2 aromatic carbocycles. The second-order valence-electron chi connectivity index (χ2n) is 5.18. The number of halogens is 1. The Morgan fingerprint density at radius 3 is 2.44 bits per heavy atom. The third-order valence-electron chi connectivity index (χ3n) is 3.60. The zero-order valence-electron chi connectivity index (χ0n) is 12.9. The van der Waals surface area contributed by atoms with E-state index >= 15 is 0 Å². The quantitative estimate of drug-likeness (QED) is 0.570. The van der Waals surface area contributed by atoms with Crippen molar-refractivity contribution in [2.75, 3.05) is 7.05 Å². The predicted molar refractivity (Wildman–Crippen MR) is 90.8 cm³/mol. The number of amides is 1. The first-order valence-corrected chi connectivity index (χ1v) is 7.53. The highest BCUT2D eigenvalue weighted by Crippen LogP contribution is 2.42. The van der Waals surface area contributed by atoms with Crippen LogP contribution in [0, 0.1) is 0 Å². The maximum Gasteiger partial charge on any atom is 0.273 e. The normalized spacial score (nSPS) is 10.6. The summed E-state index contributed by atoms with van der Waals surface area (Å²) in [4.78, 5) is 12.1. The van der Waals surface area contributed by atoms with Gasteiger partial charge in [0.15, 0.2) is 11.5 Å². The van der Waals surface area contributed by atoms with Crippen LogP contribution in [0.1, 0.15) is 10.5 Å². The van der Waals surface area contributed by atoms with Crippen molar-refractivity contribution in [3.63, 3.8) is 0 Å². The van der Waals surface area contributed by atoms with E-state index in [1.54, 1.807) is 12.1 Å². The lowest BCUT2D eigenvalue weighted by atomic mass is 9.98. The third kappa shape index (κ3) is 2.97. The Hall–Kier alpha value is -3.19. The van der Waals surface area contributed by atoms with Crippen LogP contribution in [0.2, 0.25) is 5.02 Å². The highest BCUT2D eigenvalue weighted by atomic mass is 35.5. The molecule has 0 bridgehead atoms. The van der Waals surface area contributed by atoms with Gasteiger partial charge in [0.1, 0.15) is 17.2 Å². The standard InChI is InChI=1S/C17H13ClN2O5/c1-19-17(24)15-14(8-2-4-9(21)5-3-8)16(25-20-15)10-6-11(18)13(23)7-12(10)22/h2-7,21-23H,1H3,(H,19,24). The Kier molecular flexibility index (Phi) is 4.24. The van der Waals surface area contributed by atoms with Gasteiger partial charge in [0.05, 0.1) is 16.1 Å². The van der Waals surface area contributed by atoms with Crippen LogP contribution < -0.4 is 5.32 Å². The van der Waals surface area contributed by atoms with Crippen LogP contribution in [0.25, 0.3) is 22.5 Å². The SMILES string of the molecule is CNC(=O)c1noc(-c2cc(Cl)c(O)cc2O)c1-c1ccc(O)cc1. The number of hydrogen-bond acceptors (Lipinski definition) is 6. The summed E-state index contributed by atoms with van der Waals surface area (Å²) in [6, 6.07) is 8.44. The number of carbonyl (C=O) groups is 1. The lowest BCUT2D eigenvalue weighted by Crippen LogP contribution is -2.18. The summed E-state index contributed by atoms with van der Waals surface area (Å²) >= 11 is 5.92. The van der Waals surface area contributed by atoms with E-state index in [0.717, 1.165) is 6.07 Å². The van der Waals surface area contributed by atoms with Gasteiger partial charge < -0.3 is 25.2 Å². The molecule has 3 aromatic rings. The van der Waals surface area contributed by atoms with Crippen LogP contribution >= 0.6 is 11.6 Å². The van der Waals surface area contributed by atoms with Crippen molar-refractivity contribution in [1.29, 1.82) is 0 Å². The largest absolute Gasteiger partial charge is 0.508 e. The van der Waals surface area contributed by atoms with E-state index in [0.29, 0.717) is 11.1 Å². The molecule has 0 saturated heterocycles. The summed E-state index contributed by atoms with van der Waals surface area (Å²) in [5.74, 6) is -0.911. The van der Waals surface area contributed by atoms with Gasteiger partial charge in [-0.05, 0) is 23.8 Å². The minimum Gasteiger partial charge on any atom is -0.508 e.